The summed E-state index contributed by atoms with van der Waals surface area (Å²) >= 11 is 0. The van der Waals surface area contributed by atoms with Gasteiger partial charge in [-0.1, -0.05) is 38.1 Å². The Morgan fingerprint density at radius 3 is 2.26 bits per heavy atom. The summed E-state index contributed by atoms with van der Waals surface area (Å²) < 4.78 is 10.7. The summed E-state index contributed by atoms with van der Waals surface area (Å²) in [6.45, 7) is 5.23. The maximum Gasteiger partial charge on any atom is 0.295 e. The fourth-order valence-electron chi connectivity index (χ4n) is 3.67. The third kappa shape index (κ3) is 4.80. The molecule has 0 saturated carbocycles. The van der Waals surface area contributed by atoms with Crippen LogP contribution in [0, 0.1) is 0 Å². The number of carbonyl (C=O) groups is 2. The van der Waals surface area contributed by atoms with Crippen LogP contribution in [-0.2, 0) is 20.7 Å². The number of aliphatic hydroxyl groups excluding tert-OH is 1. The van der Waals surface area contributed by atoms with E-state index in [4.69, 9.17) is 9.47 Å². The van der Waals surface area contributed by atoms with Crippen molar-refractivity contribution in [1.29, 1.82) is 0 Å². The number of rotatable bonds is 9. The van der Waals surface area contributed by atoms with Crippen molar-refractivity contribution in [3.8, 4) is 5.75 Å². The lowest BCUT2D eigenvalue weighted by molar-refractivity contribution is -0.140. The maximum atomic E-state index is 12.9. The molecule has 1 N–H and O–H groups in total. The van der Waals surface area contributed by atoms with Crippen LogP contribution in [0.25, 0.3) is 5.76 Å². The molecule has 0 radical (unpaired) electrons. The molecule has 1 fully saturated rings. The third-order valence-corrected chi connectivity index (χ3v) is 5.38. The third-order valence-electron chi connectivity index (χ3n) is 5.38. The van der Waals surface area contributed by atoms with Gasteiger partial charge in [0.2, 0.25) is 0 Å². The lowest BCUT2D eigenvalue weighted by atomic mass is 9.94. The van der Waals surface area contributed by atoms with Crippen LogP contribution in [0.5, 0.6) is 5.75 Å². The zero-order chi connectivity index (χ0) is 22.4. The first-order chi connectivity index (χ1) is 15.0. The molecular weight excluding hydrogens is 394 g/mol. The average molecular weight is 424 g/mol. The van der Waals surface area contributed by atoms with Gasteiger partial charge in [-0.2, -0.15) is 0 Å². The van der Waals surface area contributed by atoms with E-state index >= 15 is 0 Å². The van der Waals surface area contributed by atoms with E-state index in [1.807, 2.05) is 31.2 Å². The summed E-state index contributed by atoms with van der Waals surface area (Å²) in [7, 11) is 1.55. The Morgan fingerprint density at radius 1 is 1.00 bits per heavy atom. The number of nitrogens with zero attached hydrogens (tertiary/aromatic N) is 1. The summed E-state index contributed by atoms with van der Waals surface area (Å²) in [6, 6.07) is 14.0. The Morgan fingerprint density at radius 2 is 1.68 bits per heavy atom. The van der Waals surface area contributed by atoms with E-state index in [9.17, 15) is 14.7 Å². The lowest BCUT2D eigenvalue weighted by Gasteiger charge is -2.25. The Kier molecular flexibility index (Phi) is 7.47. The molecular formula is C25H29NO5. The second-order valence-electron chi connectivity index (χ2n) is 7.45. The van der Waals surface area contributed by atoms with Crippen molar-refractivity contribution in [2.45, 2.75) is 32.7 Å². The predicted octanol–water partition coefficient (Wildman–Crippen LogP) is 4.11. The van der Waals surface area contributed by atoms with Gasteiger partial charge in [-0.25, -0.2) is 0 Å². The largest absolute Gasteiger partial charge is 0.507 e. The van der Waals surface area contributed by atoms with Crippen LogP contribution in [0.1, 0.15) is 43.0 Å². The number of amides is 1. The average Bonchev–Trinajstić information content (AvgIpc) is 3.06. The van der Waals surface area contributed by atoms with Crippen LogP contribution in [-0.4, -0.2) is 48.6 Å². The molecule has 1 aliphatic rings. The van der Waals surface area contributed by atoms with Gasteiger partial charge in [0, 0.05) is 19.2 Å². The summed E-state index contributed by atoms with van der Waals surface area (Å²) in [4.78, 5) is 27.2. The predicted molar refractivity (Wildman–Crippen MR) is 119 cm³/mol. The van der Waals surface area contributed by atoms with E-state index < -0.39 is 17.7 Å². The minimum atomic E-state index is -0.690. The van der Waals surface area contributed by atoms with Gasteiger partial charge in [-0.05, 0) is 48.2 Å². The molecule has 0 bridgehead atoms. The number of aliphatic hydroxyl groups is 1. The smallest absolute Gasteiger partial charge is 0.295 e. The van der Waals surface area contributed by atoms with E-state index in [0.717, 1.165) is 24.0 Å². The highest BCUT2D eigenvalue weighted by atomic mass is 16.5. The summed E-state index contributed by atoms with van der Waals surface area (Å²) in [6.07, 6.45) is 1.78. The quantitative estimate of drug-likeness (QED) is 0.373. The number of methoxy groups -OCH3 is 1. The summed E-state index contributed by atoms with van der Waals surface area (Å²) in [5, 5.41) is 11.1. The van der Waals surface area contributed by atoms with Crippen LogP contribution >= 0.6 is 0 Å². The van der Waals surface area contributed by atoms with E-state index in [1.54, 1.807) is 31.4 Å². The molecule has 6 heteroatoms. The Labute approximate surface area is 183 Å². The first kappa shape index (κ1) is 22.6. The topological polar surface area (TPSA) is 76.1 Å². The van der Waals surface area contributed by atoms with Gasteiger partial charge in [0.05, 0.1) is 24.8 Å². The van der Waals surface area contributed by atoms with Crippen LogP contribution in [0.4, 0.5) is 0 Å². The number of ether oxygens (including phenoxy) is 2. The molecule has 0 aromatic heterocycles. The van der Waals surface area contributed by atoms with E-state index in [-0.39, 0.29) is 17.9 Å². The number of benzene rings is 2. The van der Waals surface area contributed by atoms with E-state index in [2.05, 4.69) is 6.92 Å². The molecule has 1 aliphatic heterocycles. The van der Waals surface area contributed by atoms with Gasteiger partial charge in [-0.15, -0.1) is 0 Å². The van der Waals surface area contributed by atoms with Crippen molar-refractivity contribution in [2.75, 3.05) is 26.9 Å². The molecule has 0 spiro atoms. The molecule has 2 aromatic carbocycles. The van der Waals surface area contributed by atoms with Crippen molar-refractivity contribution < 1.29 is 24.2 Å². The fourth-order valence-corrected chi connectivity index (χ4v) is 3.67. The van der Waals surface area contributed by atoms with Crippen molar-refractivity contribution in [1.82, 2.24) is 4.90 Å². The molecule has 1 heterocycles. The van der Waals surface area contributed by atoms with Gasteiger partial charge in [0.1, 0.15) is 11.5 Å². The van der Waals surface area contributed by atoms with Gasteiger partial charge >= 0.3 is 0 Å². The van der Waals surface area contributed by atoms with Crippen LogP contribution in [0.2, 0.25) is 0 Å². The molecule has 31 heavy (non-hydrogen) atoms. The Balaban J connectivity index is 2.04. The molecule has 1 saturated heterocycles. The highest BCUT2D eigenvalue weighted by Crippen LogP contribution is 2.39. The molecule has 0 aliphatic carbocycles. The minimum absolute atomic E-state index is 0.0904. The fraction of sp³-hybridized carbons (Fsp3) is 0.360. The zero-order valence-electron chi connectivity index (χ0n) is 18.3. The number of ketones is 1. The molecule has 6 nitrogen and oxygen atoms in total. The zero-order valence-corrected chi connectivity index (χ0v) is 18.3. The van der Waals surface area contributed by atoms with Gasteiger partial charge in [0.15, 0.2) is 0 Å². The molecule has 1 unspecified atom stereocenters. The Hall–Kier alpha value is -3.12. The standard InChI is InChI=1S/C25H29NO5/c1-4-15-31-20-12-10-19(11-13-20)23(27)21-22(18-8-6-17(5-2)7-9-18)26(14-16-30-3)25(29)24(21)28/h6-13,22,27H,4-5,14-16H2,1-3H3/b23-21+. The summed E-state index contributed by atoms with van der Waals surface area (Å²) in [5.41, 5.74) is 2.48. The van der Waals surface area contributed by atoms with Gasteiger partial charge in [-0.3, -0.25) is 9.59 Å². The molecule has 1 amide bonds. The second-order valence-corrected chi connectivity index (χ2v) is 7.45. The van der Waals surface area contributed by atoms with Crippen molar-refractivity contribution in [2.24, 2.45) is 0 Å². The van der Waals surface area contributed by atoms with Crippen molar-refractivity contribution in [3.63, 3.8) is 0 Å². The maximum absolute atomic E-state index is 12.9. The number of likely N-dealkylation sites (tertiary alicyclic amines) is 1. The van der Waals surface area contributed by atoms with Crippen LogP contribution < -0.4 is 4.74 Å². The highest BCUT2D eigenvalue weighted by Gasteiger charge is 2.45. The lowest BCUT2D eigenvalue weighted by Crippen LogP contribution is -2.32. The van der Waals surface area contributed by atoms with Gasteiger partial charge < -0.3 is 19.5 Å². The number of hydrogen-bond donors (Lipinski definition) is 1. The second kappa shape index (κ2) is 10.3. The van der Waals surface area contributed by atoms with Crippen LogP contribution in [0.15, 0.2) is 54.1 Å². The molecule has 3 rings (SSSR count). The monoisotopic (exact) mass is 423 g/mol. The van der Waals surface area contributed by atoms with Gasteiger partial charge in [0.25, 0.3) is 11.7 Å². The number of aryl methyl sites for hydroxylation is 1. The van der Waals surface area contributed by atoms with Crippen LogP contribution in [0.3, 0.4) is 0 Å². The first-order valence-electron chi connectivity index (χ1n) is 10.6. The Bertz CT molecular complexity index is 947. The van der Waals surface area contributed by atoms with E-state index in [1.165, 1.54) is 4.90 Å². The molecule has 164 valence electrons. The SMILES string of the molecule is CCCOc1ccc(/C(O)=C2\C(=O)C(=O)N(CCOC)C2c2ccc(CC)cc2)cc1. The highest BCUT2D eigenvalue weighted by molar-refractivity contribution is 6.46. The number of hydrogen-bond acceptors (Lipinski definition) is 5. The summed E-state index contributed by atoms with van der Waals surface area (Å²) in [5.74, 6) is -0.828. The minimum Gasteiger partial charge on any atom is -0.507 e. The normalized spacial score (nSPS) is 17.9. The number of carbonyl (C=O) groups excluding carboxylic acids is 2. The first-order valence-corrected chi connectivity index (χ1v) is 10.6. The molecule has 1 atom stereocenters. The van der Waals surface area contributed by atoms with Crippen molar-refractivity contribution >= 4 is 17.4 Å². The number of Topliss-reactive ketones (excluding diaryl/α,β-unsaturated/α-hetero) is 1. The van der Waals surface area contributed by atoms with E-state index in [0.29, 0.717) is 24.5 Å². The van der Waals surface area contributed by atoms with Crippen molar-refractivity contribution in [3.05, 3.63) is 70.8 Å². The molecule has 2 aromatic rings.